The first-order valence-electron chi connectivity index (χ1n) is 7.38. The van der Waals surface area contributed by atoms with Crippen LogP contribution < -0.4 is 4.72 Å². The quantitative estimate of drug-likeness (QED) is 0.649. The number of anilines is 1. The van der Waals surface area contributed by atoms with Crippen LogP contribution >= 0.6 is 11.8 Å². The first-order chi connectivity index (χ1) is 11.5. The third kappa shape index (κ3) is 4.21. The summed E-state index contributed by atoms with van der Waals surface area (Å²) >= 11 is 1.63. The van der Waals surface area contributed by atoms with Crippen molar-refractivity contribution in [3.8, 4) is 0 Å². The lowest BCUT2D eigenvalue weighted by Crippen LogP contribution is -2.12. The number of nitrogens with one attached hydrogen (secondary N) is 1. The van der Waals surface area contributed by atoms with Gasteiger partial charge in [-0.25, -0.2) is 8.42 Å². The molecule has 124 valence electrons. The van der Waals surface area contributed by atoms with Gasteiger partial charge < -0.3 is 4.42 Å². The van der Waals surface area contributed by atoms with Crippen molar-refractivity contribution in [2.45, 2.75) is 22.5 Å². The van der Waals surface area contributed by atoms with Crippen molar-refractivity contribution in [3.63, 3.8) is 0 Å². The predicted octanol–water partition coefficient (Wildman–Crippen LogP) is 4.68. The molecule has 1 N–H and O–H groups in total. The van der Waals surface area contributed by atoms with Gasteiger partial charge in [0.15, 0.2) is 0 Å². The molecule has 1 heterocycles. The van der Waals surface area contributed by atoms with E-state index in [9.17, 15) is 8.42 Å². The minimum absolute atomic E-state index is 0.254. The van der Waals surface area contributed by atoms with Crippen molar-refractivity contribution in [2.24, 2.45) is 0 Å². The average molecular weight is 359 g/mol. The normalized spacial score (nSPS) is 11.4. The fourth-order valence-corrected chi connectivity index (χ4v) is 3.96. The standard InChI is InChI=1S/C18H17NO3S2/c1-14-4-10-18(11-5-14)24(20,21)19-15-6-8-17(9-7-15)23-13-16-3-2-12-22-16/h2-12,19H,13H2,1H3. The Kier molecular flexibility index (Phi) is 4.97. The van der Waals surface area contributed by atoms with E-state index in [0.29, 0.717) is 5.69 Å². The van der Waals surface area contributed by atoms with Crippen molar-refractivity contribution in [1.82, 2.24) is 0 Å². The Morgan fingerprint density at radius 3 is 2.33 bits per heavy atom. The van der Waals surface area contributed by atoms with Crippen LogP contribution in [0.15, 0.2) is 81.1 Å². The summed E-state index contributed by atoms with van der Waals surface area (Å²) in [5, 5.41) is 0. The molecular weight excluding hydrogens is 342 g/mol. The predicted molar refractivity (Wildman–Crippen MR) is 96.7 cm³/mol. The Morgan fingerprint density at radius 2 is 1.71 bits per heavy atom. The third-order valence-corrected chi connectivity index (χ3v) is 5.83. The van der Waals surface area contributed by atoms with Crippen molar-refractivity contribution in [1.29, 1.82) is 0 Å². The van der Waals surface area contributed by atoms with Crippen LogP contribution in [-0.2, 0) is 15.8 Å². The largest absolute Gasteiger partial charge is 0.468 e. The zero-order chi connectivity index (χ0) is 17.0. The number of rotatable bonds is 6. The molecule has 0 fully saturated rings. The van der Waals surface area contributed by atoms with Gasteiger partial charge in [0, 0.05) is 10.6 Å². The summed E-state index contributed by atoms with van der Waals surface area (Å²) in [6.45, 7) is 1.92. The number of sulfonamides is 1. The van der Waals surface area contributed by atoms with E-state index >= 15 is 0 Å². The number of benzene rings is 2. The van der Waals surface area contributed by atoms with E-state index in [4.69, 9.17) is 4.42 Å². The summed E-state index contributed by atoms with van der Waals surface area (Å²) in [6.07, 6.45) is 1.65. The van der Waals surface area contributed by atoms with Crippen molar-refractivity contribution in [2.75, 3.05) is 4.72 Å². The van der Waals surface area contributed by atoms with Gasteiger partial charge in [-0.15, -0.1) is 11.8 Å². The Morgan fingerprint density at radius 1 is 1.00 bits per heavy atom. The fraction of sp³-hybridized carbons (Fsp3) is 0.111. The molecule has 0 atom stereocenters. The lowest BCUT2D eigenvalue weighted by Gasteiger charge is -2.09. The Balaban J connectivity index is 1.66. The molecule has 3 rings (SSSR count). The molecule has 0 aliphatic carbocycles. The molecule has 0 unspecified atom stereocenters. The van der Waals surface area contributed by atoms with Crippen LogP contribution in [0.25, 0.3) is 0 Å². The van der Waals surface area contributed by atoms with Gasteiger partial charge in [0.25, 0.3) is 10.0 Å². The van der Waals surface area contributed by atoms with Crippen LogP contribution in [-0.4, -0.2) is 8.42 Å². The van der Waals surface area contributed by atoms with E-state index in [1.807, 2.05) is 31.2 Å². The van der Waals surface area contributed by atoms with Crippen LogP contribution in [0, 0.1) is 6.92 Å². The van der Waals surface area contributed by atoms with Gasteiger partial charge in [0.05, 0.1) is 16.9 Å². The van der Waals surface area contributed by atoms with Gasteiger partial charge in [0.1, 0.15) is 5.76 Å². The maximum atomic E-state index is 12.4. The minimum Gasteiger partial charge on any atom is -0.468 e. The van der Waals surface area contributed by atoms with Gasteiger partial charge in [-0.05, 0) is 55.5 Å². The summed E-state index contributed by atoms with van der Waals surface area (Å²) in [7, 11) is -3.56. The summed E-state index contributed by atoms with van der Waals surface area (Å²) in [5.41, 5.74) is 1.56. The SMILES string of the molecule is Cc1ccc(S(=O)(=O)Nc2ccc(SCc3ccco3)cc2)cc1. The van der Waals surface area contributed by atoms with Gasteiger partial charge >= 0.3 is 0 Å². The fourth-order valence-electron chi connectivity index (χ4n) is 2.10. The molecule has 24 heavy (non-hydrogen) atoms. The molecule has 1 aromatic heterocycles. The highest BCUT2D eigenvalue weighted by Crippen LogP contribution is 2.25. The molecule has 2 aromatic carbocycles. The van der Waals surface area contributed by atoms with Crippen molar-refractivity contribution < 1.29 is 12.8 Å². The number of furan rings is 1. The summed E-state index contributed by atoms with van der Waals surface area (Å²) in [5.74, 6) is 1.64. The van der Waals surface area contributed by atoms with Crippen LogP contribution in [0.2, 0.25) is 0 Å². The molecule has 0 spiro atoms. The Hall–Kier alpha value is -2.18. The maximum Gasteiger partial charge on any atom is 0.261 e. The molecule has 0 bridgehead atoms. The van der Waals surface area contributed by atoms with Gasteiger partial charge in [-0.2, -0.15) is 0 Å². The van der Waals surface area contributed by atoms with Crippen LogP contribution in [0.5, 0.6) is 0 Å². The molecule has 3 aromatic rings. The zero-order valence-electron chi connectivity index (χ0n) is 13.1. The Labute approximate surface area is 146 Å². The molecule has 6 heteroatoms. The minimum atomic E-state index is -3.56. The van der Waals surface area contributed by atoms with E-state index in [0.717, 1.165) is 22.0 Å². The number of hydrogen-bond acceptors (Lipinski definition) is 4. The lowest BCUT2D eigenvalue weighted by atomic mass is 10.2. The monoisotopic (exact) mass is 359 g/mol. The molecule has 4 nitrogen and oxygen atoms in total. The second-order valence-corrected chi connectivity index (χ2v) is 8.04. The van der Waals surface area contributed by atoms with Crippen molar-refractivity contribution in [3.05, 3.63) is 78.3 Å². The summed E-state index contributed by atoms with van der Waals surface area (Å²) < 4.78 is 32.6. The highest BCUT2D eigenvalue weighted by molar-refractivity contribution is 7.98. The molecular formula is C18H17NO3S2. The van der Waals surface area contributed by atoms with Gasteiger partial charge in [-0.1, -0.05) is 17.7 Å². The summed E-state index contributed by atoms with van der Waals surface area (Å²) in [6, 6.07) is 17.9. The zero-order valence-corrected chi connectivity index (χ0v) is 14.7. The molecule has 0 radical (unpaired) electrons. The molecule has 0 saturated heterocycles. The first-order valence-corrected chi connectivity index (χ1v) is 9.84. The number of aryl methyl sites for hydroxylation is 1. The first kappa shape index (κ1) is 16.7. The maximum absolute atomic E-state index is 12.4. The molecule has 0 aliphatic heterocycles. The second kappa shape index (κ2) is 7.15. The van der Waals surface area contributed by atoms with Crippen LogP contribution in [0.1, 0.15) is 11.3 Å². The van der Waals surface area contributed by atoms with Crippen molar-refractivity contribution >= 4 is 27.5 Å². The second-order valence-electron chi connectivity index (χ2n) is 5.31. The lowest BCUT2D eigenvalue weighted by molar-refractivity contribution is 0.530. The average Bonchev–Trinajstić information content (AvgIpc) is 3.08. The summed E-state index contributed by atoms with van der Waals surface area (Å²) in [4.78, 5) is 1.30. The Bertz CT molecular complexity index is 884. The van der Waals surface area contributed by atoms with Crippen LogP contribution in [0.3, 0.4) is 0 Å². The van der Waals surface area contributed by atoms with Gasteiger partial charge in [-0.3, -0.25) is 4.72 Å². The number of hydrogen-bond donors (Lipinski definition) is 1. The highest BCUT2D eigenvalue weighted by Gasteiger charge is 2.13. The molecule has 0 saturated carbocycles. The highest BCUT2D eigenvalue weighted by atomic mass is 32.2. The van der Waals surface area contributed by atoms with Gasteiger partial charge in [0.2, 0.25) is 0 Å². The van der Waals surface area contributed by atoms with E-state index in [2.05, 4.69) is 4.72 Å². The van der Waals surface area contributed by atoms with E-state index in [1.165, 1.54) is 0 Å². The van der Waals surface area contributed by atoms with E-state index < -0.39 is 10.0 Å². The smallest absolute Gasteiger partial charge is 0.261 e. The van der Waals surface area contributed by atoms with Crippen LogP contribution in [0.4, 0.5) is 5.69 Å². The number of thioether (sulfide) groups is 1. The topological polar surface area (TPSA) is 59.3 Å². The third-order valence-electron chi connectivity index (χ3n) is 3.40. The molecule has 0 amide bonds. The molecule has 0 aliphatic rings. The van der Waals surface area contributed by atoms with E-state index in [-0.39, 0.29) is 4.90 Å². The van der Waals surface area contributed by atoms with E-state index in [1.54, 1.807) is 54.4 Å².